The van der Waals surface area contributed by atoms with E-state index in [4.69, 9.17) is 21.3 Å². The average Bonchev–Trinajstić information content (AvgIpc) is 3.53. The Kier molecular flexibility index (Phi) is 9.44. The van der Waals surface area contributed by atoms with Gasteiger partial charge < -0.3 is 19.7 Å². The van der Waals surface area contributed by atoms with Crippen LogP contribution in [0.15, 0.2) is 115 Å². The van der Waals surface area contributed by atoms with Crippen molar-refractivity contribution in [1.29, 1.82) is 0 Å². The zero-order valence-electron chi connectivity index (χ0n) is 26.9. The van der Waals surface area contributed by atoms with Gasteiger partial charge >= 0.3 is 5.97 Å². The molecule has 0 aliphatic heterocycles. The molecule has 1 heterocycles. The van der Waals surface area contributed by atoms with Crippen LogP contribution in [0.1, 0.15) is 70.0 Å². The summed E-state index contributed by atoms with van der Waals surface area (Å²) in [5.41, 5.74) is 7.17. The van der Waals surface area contributed by atoms with Crippen molar-refractivity contribution in [2.45, 2.75) is 51.3 Å². The van der Waals surface area contributed by atoms with Crippen LogP contribution < -0.4 is 10.1 Å². The van der Waals surface area contributed by atoms with Crippen LogP contribution >= 0.6 is 11.6 Å². The van der Waals surface area contributed by atoms with E-state index in [-0.39, 0.29) is 11.5 Å². The zero-order valence-corrected chi connectivity index (χ0v) is 27.7. The molecule has 0 unspecified atom stereocenters. The third-order valence-corrected chi connectivity index (χ3v) is 9.46. The van der Waals surface area contributed by atoms with Gasteiger partial charge in [0.2, 0.25) is 0 Å². The molecule has 1 aliphatic rings. The third-order valence-electron chi connectivity index (χ3n) is 9.21. The Balaban J connectivity index is 1.13. The lowest BCUT2D eigenvalue weighted by atomic mass is 9.95. The number of hydrogen-bond acceptors (Lipinski definition) is 4. The number of halogens is 1. The second kappa shape index (κ2) is 14.4. The zero-order chi connectivity index (χ0) is 33.7. The van der Waals surface area contributed by atoms with E-state index in [0.717, 1.165) is 52.0 Å². The van der Waals surface area contributed by atoms with E-state index in [1.807, 2.05) is 103 Å². The first-order valence-electron chi connectivity index (χ1n) is 16.6. The molecule has 7 rings (SSSR count). The highest BCUT2D eigenvalue weighted by Crippen LogP contribution is 2.37. The van der Waals surface area contributed by atoms with Crippen molar-refractivity contribution in [3.8, 4) is 28.3 Å². The van der Waals surface area contributed by atoms with Crippen molar-refractivity contribution in [3.05, 3.63) is 143 Å². The lowest BCUT2D eigenvalue weighted by Crippen LogP contribution is -2.22. The molecular weight excluding hydrogens is 634 g/mol. The van der Waals surface area contributed by atoms with Crippen molar-refractivity contribution in [2.75, 3.05) is 0 Å². The number of carbonyl (C=O) groups excluding carboxylic acids is 1. The molecule has 8 heteroatoms. The van der Waals surface area contributed by atoms with E-state index in [1.165, 1.54) is 19.3 Å². The summed E-state index contributed by atoms with van der Waals surface area (Å²) in [5, 5.41) is 13.2. The number of carboxylic acid groups (broad SMARTS) is 1. The fourth-order valence-electron chi connectivity index (χ4n) is 6.63. The molecule has 0 bridgehead atoms. The fraction of sp³-hybridized carbons (Fsp3) is 0.195. The van der Waals surface area contributed by atoms with Gasteiger partial charge in [-0.2, -0.15) is 0 Å². The minimum Gasteiger partial charge on any atom is -0.489 e. The monoisotopic (exact) mass is 669 g/mol. The molecule has 0 radical (unpaired) electrons. The van der Waals surface area contributed by atoms with Crippen molar-refractivity contribution >= 4 is 34.5 Å². The Hall–Kier alpha value is -5.40. The number of carboxylic acids is 1. The van der Waals surface area contributed by atoms with Gasteiger partial charge in [-0.3, -0.25) is 4.79 Å². The lowest BCUT2D eigenvalue weighted by molar-refractivity contribution is 0.0696. The number of imidazole rings is 1. The Morgan fingerprint density at radius 1 is 0.816 bits per heavy atom. The number of benzene rings is 5. The molecule has 2 N–H and O–H groups in total. The molecule has 1 aromatic heterocycles. The van der Waals surface area contributed by atoms with Gasteiger partial charge in [0.05, 0.1) is 16.6 Å². The summed E-state index contributed by atoms with van der Waals surface area (Å²) in [6, 6.07) is 36.5. The second-order valence-corrected chi connectivity index (χ2v) is 12.9. The van der Waals surface area contributed by atoms with E-state index >= 15 is 0 Å². The van der Waals surface area contributed by atoms with Gasteiger partial charge in [-0.05, 0) is 102 Å². The van der Waals surface area contributed by atoms with E-state index in [0.29, 0.717) is 41.0 Å². The highest BCUT2D eigenvalue weighted by atomic mass is 35.5. The van der Waals surface area contributed by atoms with Gasteiger partial charge in [0.25, 0.3) is 5.91 Å². The molecule has 5 aromatic carbocycles. The van der Waals surface area contributed by atoms with Crippen LogP contribution in [-0.2, 0) is 13.2 Å². The molecule has 246 valence electrons. The number of fused-ring (bicyclic) bond motifs is 1. The van der Waals surface area contributed by atoms with Crippen LogP contribution in [0.25, 0.3) is 33.5 Å². The highest BCUT2D eigenvalue weighted by Gasteiger charge is 2.23. The number of aromatic carboxylic acids is 1. The molecule has 7 nitrogen and oxygen atoms in total. The number of ether oxygens (including phenoxy) is 1. The van der Waals surface area contributed by atoms with Gasteiger partial charge in [-0.25, -0.2) is 9.78 Å². The Bertz CT molecular complexity index is 2100. The fourth-order valence-corrected chi connectivity index (χ4v) is 6.75. The Morgan fingerprint density at radius 2 is 1.53 bits per heavy atom. The molecule has 1 fully saturated rings. The first-order chi connectivity index (χ1) is 23.9. The first kappa shape index (κ1) is 32.2. The number of nitrogens with one attached hydrogen (secondary N) is 1. The van der Waals surface area contributed by atoms with Crippen molar-refractivity contribution in [1.82, 2.24) is 14.9 Å². The number of aromatic nitrogens is 2. The van der Waals surface area contributed by atoms with Crippen LogP contribution in [0.2, 0.25) is 5.02 Å². The molecule has 1 aliphatic carbocycles. The summed E-state index contributed by atoms with van der Waals surface area (Å²) < 4.78 is 8.60. The summed E-state index contributed by atoms with van der Waals surface area (Å²) >= 11 is 6.20. The topological polar surface area (TPSA) is 93.5 Å². The predicted octanol–water partition coefficient (Wildman–Crippen LogP) is 9.74. The van der Waals surface area contributed by atoms with Crippen molar-refractivity contribution < 1.29 is 19.4 Å². The summed E-state index contributed by atoms with van der Waals surface area (Å²) in [5.74, 6) is 0.420. The van der Waals surface area contributed by atoms with Gasteiger partial charge in [-0.1, -0.05) is 79.4 Å². The van der Waals surface area contributed by atoms with Crippen molar-refractivity contribution in [2.24, 2.45) is 0 Å². The van der Waals surface area contributed by atoms with Crippen LogP contribution in [0.3, 0.4) is 0 Å². The minimum atomic E-state index is -0.961. The maximum Gasteiger partial charge on any atom is 0.335 e. The third kappa shape index (κ3) is 7.22. The molecule has 1 saturated carbocycles. The number of carbonyl (C=O) groups is 2. The molecule has 0 spiro atoms. The van der Waals surface area contributed by atoms with Crippen LogP contribution in [0, 0.1) is 0 Å². The SMILES string of the molecule is O=C(O)c1ccc2c(c1)nc(-c1ccc(OCc3ccc(C(=O)NCc4ccccc4)cc3-c3ccc(Cl)cc3)cc1)n2C1CCCCC1. The van der Waals surface area contributed by atoms with E-state index in [1.54, 1.807) is 12.1 Å². The van der Waals surface area contributed by atoms with E-state index in [2.05, 4.69) is 9.88 Å². The van der Waals surface area contributed by atoms with Gasteiger partial charge in [0, 0.05) is 28.7 Å². The van der Waals surface area contributed by atoms with Gasteiger partial charge in [0.1, 0.15) is 18.2 Å². The minimum absolute atomic E-state index is 0.152. The molecule has 1 amide bonds. The molecule has 0 atom stereocenters. The number of rotatable bonds is 10. The molecule has 6 aromatic rings. The maximum atomic E-state index is 13.1. The molecular formula is C41H36ClN3O4. The Morgan fingerprint density at radius 3 is 2.27 bits per heavy atom. The normalized spacial score (nSPS) is 13.3. The first-order valence-corrected chi connectivity index (χ1v) is 17.0. The largest absolute Gasteiger partial charge is 0.489 e. The average molecular weight is 670 g/mol. The number of nitrogens with zero attached hydrogens (tertiary/aromatic N) is 2. The van der Waals surface area contributed by atoms with Crippen LogP contribution in [0.5, 0.6) is 5.75 Å². The van der Waals surface area contributed by atoms with Crippen LogP contribution in [0.4, 0.5) is 0 Å². The summed E-state index contributed by atoms with van der Waals surface area (Å²) in [7, 11) is 0. The quantitative estimate of drug-likeness (QED) is 0.151. The predicted molar refractivity (Wildman–Crippen MR) is 193 cm³/mol. The van der Waals surface area contributed by atoms with Crippen molar-refractivity contribution in [3.63, 3.8) is 0 Å². The van der Waals surface area contributed by atoms with Crippen LogP contribution in [-0.4, -0.2) is 26.5 Å². The number of amides is 1. The highest BCUT2D eigenvalue weighted by molar-refractivity contribution is 6.30. The van der Waals surface area contributed by atoms with E-state index in [9.17, 15) is 14.7 Å². The summed E-state index contributed by atoms with van der Waals surface area (Å²) in [6.07, 6.45) is 5.72. The standard InChI is InChI=1S/C41H36ClN3O4/c42-33-18-13-28(14-19-33)36-23-30(40(46)43-25-27-7-3-1-4-8-27)11-12-32(36)26-49-35-20-15-29(16-21-35)39-44-37-24-31(41(47)48)17-22-38(37)45(39)34-9-5-2-6-10-34/h1,3-4,7-8,11-24,34H,2,5-6,9-10,25-26H2,(H,43,46)(H,47,48). The lowest BCUT2D eigenvalue weighted by Gasteiger charge is -2.25. The summed E-state index contributed by atoms with van der Waals surface area (Å²) in [4.78, 5) is 29.7. The summed E-state index contributed by atoms with van der Waals surface area (Å²) in [6.45, 7) is 0.735. The van der Waals surface area contributed by atoms with E-state index < -0.39 is 5.97 Å². The number of hydrogen-bond donors (Lipinski definition) is 2. The van der Waals surface area contributed by atoms with Gasteiger partial charge in [-0.15, -0.1) is 0 Å². The smallest absolute Gasteiger partial charge is 0.335 e. The van der Waals surface area contributed by atoms with Gasteiger partial charge in [0.15, 0.2) is 0 Å². The second-order valence-electron chi connectivity index (χ2n) is 12.5. The Labute approximate surface area is 290 Å². The molecule has 0 saturated heterocycles. The maximum absolute atomic E-state index is 13.1. The molecule has 49 heavy (non-hydrogen) atoms.